The predicted octanol–water partition coefficient (Wildman–Crippen LogP) is 1.62. The molecule has 18 heavy (non-hydrogen) atoms. The van der Waals surface area contributed by atoms with Gasteiger partial charge in [0.05, 0.1) is 20.2 Å². The summed E-state index contributed by atoms with van der Waals surface area (Å²) in [5, 5.41) is 0. The number of hydrogen-bond donors (Lipinski definition) is 0. The first-order valence-corrected chi connectivity index (χ1v) is 5.58. The van der Waals surface area contributed by atoms with Crippen molar-refractivity contribution in [2.75, 3.05) is 27.2 Å². The first-order chi connectivity index (χ1) is 8.56. The van der Waals surface area contributed by atoms with Gasteiger partial charge < -0.3 is 4.74 Å². The summed E-state index contributed by atoms with van der Waals surface area (Å²) in [7, 11) is 3.03. The van der Waals surface area contributed by atoms with Gasteiger partial charge in [0.25, 0.3) is 0 Å². The molecule has 0 bridgehead atoms. The van der Waals surface area contributed by atoms with Gasteiger partial charge >= 0.3 is 5.97 Å². The molecular weight excluding hydrogens is 230 g/mol. The van der Waals surface area contributed by atoms with Crippen LogP contribution in [0.3, 0.4) is 0 Å². The summed E-state index contributed by atoms with van der Waals surface area (Å²) in [5.74, 6) is -0.385. The van der Waals surface area contributed by atoms with Crippen molar-refractivity contribution in [3.63, 3.8) is 0 Å². The van der Waals surface area contributed by atoms with Gasteiger partial charge in [0.2, 0.25) is 0 Å². The third-order valence-corrected chi connectivity index (χ3v) is 2.51. The van der Waals surface area contributed by atoms with E-state index in [1.165, 1.54) is 7.11 Å². The lowest BCUT2D eigenvalue weighted by atomic mass is 10.1. The van der Waals surface area contributed by atoms with Crippen LogP contribution < -0.4 is 0 Å². The van der Waals surface area contributed by atoms with Crippen molar-refractivity contribution in [3.8, 4) is 0 Å². The molecule has 0 aliphatic carbocycles. The van der Waals surface area contributed by atoms with Crippen molar-refractivity contribution < 1.29 is 14.3 Å². The van der Waals surface area contributed by atoms with Crippen LogP contribution in [0.25, 0.3) is 6.08 Å². The van der Waals surface area contributed by atoms with Gasteiger partial charge in [-0.15, -0.1) is 0 Å². The van der Waals surface area contributed by atoms with Crippen LogP contribution in [-0.4, -0.2) is 43.9 Å². The zero-order valence-corrected chi connectivity index (χ0v) is 10.7. The molecule has 1 rings (SSSR count). The third kappa shape index (κ3) is 4.14. The van der Waals surface area contributed by atoms with Gasteiger partial charge in [-0.25, -0.2) is 0 Å². The Balaban J connectivity index is 2.58. The molecule has 4 heteroatoms. The standard InChI is InChI=1S/C14H17NO3/c1-4-11-5-7-12(8-6-11)13(16)9-15(2)10-14(17)18-3/h4-8H,1,9-10H2,2-3H3. The fraction of sp³-hybridized carbons (Fsp3) is 0.286. The largest absolute Gasteiger partial charge is 0.468 e. The smallest absolute Gasteiger partial charge is 0.319 e. The van der Waals surface area contributed by atoms with Crippen molar-refractivity contribution in [2.45, 2.75) is 0 Å². The maximum absolute atomic E-state index is 11.9. The minimum Gasteiger partial charge on any atom is -0.468 e. The Labute approximate surface area is 107 Å². The molecular formula is C14H17NO3. The van der Waals surface area contributed by atoms with E-state index in [4.69, 9.17) is 0 Å². The Morgan fingerprint density at radius 1 is 1.28 bits per heavy atom. The third-order valence-electron chi connectivity index (χ3n) is 2.51. The lowest BCUT2D eigenvalue weighted by molar-refractivity contribution is -0.141. The molecule has 0 atom stereocenters. The highest BCUT2D eigenvalue weighted by atomic mass is 16.5. The van der Waals surface area contributed by atoms with Gasteiger partial charge in [0, 0.05) is 5.56 Å². The van der Waals surface area contributed by atoms with Crippen LogP contribution in [0.15, 0.2) is 30.8 Å². The second-order valence-corrected chi connectivity index (χ2v) is 4.00. The van der Waals surface area contributed by atoms with Crippen LogP contribution in [0.4, 0.5) is 0 Å². The van der Waals surface area contributed by atoms with Gasteiger partial charge in [-0.1, -0.05) is 36.9 Å². The first-order valence-electron chi connectivity index (χ1n) is 5.58. The summed E-state index contributed by atoms with van der Waals surface area (Å²) >= 11 is 0. The van der Waals surface area contributed by atoms with Crippen LogP contribution in [0.2, 0.25) is 0 Å². The number of esters is 1. The molecule has 0 fully saturated rings. The topological polar surface area (TPSA) is 46.6 Å². The van der Waals surface area contributed by atoms with Gasteiger partial charge in [0.1, 0.15) is 0 Å². The second-order valence-electron chi connectivity index (χ2n) is 4.00. The number of likely N-dealkylation sites (N-methyl/N-ethyl adjacent to an activating group) is 1. The Hall–Kier alpha value is -1.94. The van der Waals surface area contributed by atoms with Crippen molar-refractivity contribution in [1.82, 2.24) is 4.90 Å². The zero-order chi connectivity index (χ0) is 13.5. The zero-order valence-electron chi connectivity index (χ0n) is 10.7. The quantitative estimate of drug-likeness (QED) is 0.566. The Kier molecular flexibility index (Phi) is 5.27. The highest BCUT2D eigenvalue weighted by Crippen LogP contribution is 2.06. The van der Waals surface area contributed by atoms with Crippen LogP contribution in [0, 0.1) is 0 Å². The number of carbonyl (C=O) groups is 2. The fourth-order valence-electron chi connectivity index (χ4n) is 1.48. The van der Waals surface area contributed by atoms with Crippen LogP contribution in [0.5, 0.6) is 0 Å². The average molecular weight is 247 g/mol. The average Bonchev–Trinajstić information content (AvgIpc) is 2.38. The number of methoxy groups -OCH3 is 1. The van der Waals surface area contributed by atoms with Crippen molar-refractivity contribution in [2.24, 2.45) is 0 Å². The minimum absolute atomic E-state index is 0.0305. The molecule has 0 saturated heterocycles. The van der Waals surface area contributed by atoms with Crippen molar-refractivity contribution in [1.29, 1.82) is 0 Å². The number of rotatable bonds is 6. The highest BCUT2D eigenvalue weighted by Gasteiger charge is 2.12. The molecule has 96 valence electrons. The molecule has 0 aliphatic rings. The van der Waals surface area contributed by atoms with Gasteiger partial charge in [-0.2, -0.15) is 0 Å². The first kappa shape index (κ1) is 14.1. The summed E-state index contributed by atoms with van der Waals surface area (Å²) in [6, 6.07) is 7.18. The molecule has 0 spiro atoms. The molecule has 0 unspecified atom stereocenters. The lowest BCUT2D eigenvalue weighted by Gasteiger charge is -2.13. The monoisotopic (exact) mass is 247 g/mol. The second kappa shape index (κ2) is 6.71. The van der Waals surface area contributed by atoms with Crippen molar-refractivity contribution in [3.05, 3.63) is 42.0 Å². The lowest BCUT2D eigenvalue weighted by Crippen LogP contribution is -2.31. The van der Waals surface area contributed by atoms with Crippen molar-refractivity contribution >= 4 is 17.8 Å². The Morgan fingerprint density at radius 2 is 1.89 bits per heavy atom. The van der Waals surface area contributed by atoms with Crippen LogP contribution in [0.1, 0.15) is 15.9 Å². The number of carbonyl (C=O) groups excluding carboxylic acids is 2. The molecule has 1 aromatic carbocycles. The summed E-state index contributed by atoms with van der Waals surface area (Å²) in [6.45, 7) is 3.94. The molecule has 4 nitrogen and oxygen atoms in total. The van der Waals surface area contributed by atoms with E-state index in [0.29, 0.717) is 5.56 Å². The van der Waals surface area contributed by atoms with Crippen LogP contribution in [-0.2, 0) is 9.53 Å². The van der Waals surface area contributed by atoms with Crippen LogP contribution >= 0.6 is 0 Å². The molecule has 0 amide bonds. The SMILES string of the molecule is C=Cc1ccc(C(=O)CN(C)CC(=O)OC)cc1. The molecule has 0 saturated carbocycles. The molecule has 1 aromatic rings. The van der Waals surface area contributed by atoms with E-state index in [2.05, 4.69) is 11.3 Å². The van der Waals surface area contributed by atoms with E-state index >= 15 is 0 Å². The van der Waals surface area contributed by atoms with E-state index < -0.39 is 0 Å². The maximum atomic E-state index is 11.9. The summed E-state index contributed by atoms with van der Waals surface area (Å²) in [6.07, 6.45) is 1.72. The maximum Gasteiger partial charge on any atom is 0.319 e. The molecule has 0 N–H and O–H groups in total. The summed E-state index contributed by atoms with van der Waals surface area (Å²) in [5.41, 5.74) is 1.59. The fourth-order valence-corrected chi connectivity index (χ4v) is 1.48. The minimum atomic E-state index is -0.354. The molecule has 0 aliphatic heterocycles. The summed E-state index contributed by atoms with van der Waals surface area (Å²) in [4.78, 5) is 24.6. The predicted molar refractivity (Wildman–Crippen MR) is 70.4 cm³/mol. The number of Topliss-reactive ketones (excluding diaryl/α,β-unsaturated/α-hetero) is 1. The van der Waals surface area contributed by atoms with E-state index in [1.54, 1.807) is 30.2 Å². The number of benzene rings is 1. The Morgan fingerprint density at radius 3 is 2.39 bits per heavy atom. The van der Waals surface area contributed by atoms with Gasteiger partial charge in [-0.3, -0.25) is 14.5 Å². The number of ether oxygens (including phenoxy) is 1. The van der Waals surface area contributed by atoms with E-state index in [1.807, 2.05) is 12.1 Å². The molecule has 0 heterocycles. The van der Waals surface area contributed by atoms with E-state index in [0.717, 1.165) is 5.56 Å². The Bertz CT molecular complexity index is 437. The normalized spacial score (nSPS) is 10.2. The molecule has 0 aromatic heterocycles. The van der Waals surface area contributed by atoms with Gasteiger partial charge in [-0.05, 0) is 12.6 Å². The van der Waals surface area contributed by atoms with E-state index in [9.17, 15) is 9.59 Å². The molecule has 0 radical (unpaired) electrons. The van der Waals surface area contributed by atoms with E-state index in [-0.39, 0.29) is 24.8 Å². The summed E-state index contributed by atoms with van der Waals surface area (Å²) < 4.78 is 4.54. The highest BCUT2D eigenvalue weighted by molar-refractivity contribution is 5.97. The number of hydrogen-bond acceptors (Lipinski definition) is 4. The van der Waals surface area contributed by atoms with Gasteiger partial charge in [0.15, 0.2) is 5.78 Å². The number of ketones is 1. The number of nitrogens with zero attached hydrogens (tertiary/aromatic N) is 1.